The van der Waals surface area contributed by atoms with Crippen LogP contribution in [-0.2, 0) is 0 Å². The maximum absolute atomic E-state index is 11.6. The minimum absolute atomic E-state index is 0.290. The van der Waals surface area contributed by atoms with Gasteiger partial charge in [0.05, 0.1) is 5.69 Å². The summed E-state index contributed by atoms with van der Waals surface area (Å²) in [5, 5.41) is 7.87. The Kier molecular flexibility index (Phi) is 3.75. The number of nitrogens with one attached hydrogen (secondary N) is 2. The van der Waals surface area contributed by atoms with Crippen molar-refractivity contribution in [3.05, 3.63) is 39.8 Å². The summed E-state index contributed by atoms with van der Waals surface area (Å²) in [6.45, 7) is 1.88. The van der Waals surface area contributed by atoms with E-state index >= 15 is 0 Å². The van der Waals surface area contributed by atoms with Crippen molar-refractivity contribution in [3.63, 3.8) is 0 Å². The third-order valence-corrected chi connectivity index (χ3v) is 3.35. The lowest BCUT2D eigenvalue weighted by Crippen LogP contribution is -2.19. The molecule has 17 heavy (non-hydrogen) atoms. The van der Waals surface area contributed by atoms with Crippen LogP contribution >= 0.6 is 27.3 Å². The van der Waals surface area contributed by atoms with Gasteiger partial charge in [-0.1, -0.05) is 15.9 Å². The fourth-order valence-corrected chi connectivity index (χ4v) is 2.15. The number of thiazole rings is 1. The molecular formula is C11H10BrN3OS. The van der Waals surface area contributed by atoms with Crippen LogP contribution in [0.3, 0.4) is 0 Å². The fraction of sp³-hybridized carbons (Fsp3) is 0.0909. The van der Waals surface area contributed by atoms with Gasteiger partial charge in [0.1, 0.15) is 0 Å². The van der Waals surface area contributed by atoms with Gasteiger partial charge >= 0.3 is 6.03 Å². The van der Waals surface area contributed by atoms with Gasteiger partial charge in [-0.05, 0) is 31.2 Å². The van der Waals surface area contributed by atoms with E-state index in [1.165, 1.54) is 11.3 Å². The highest BCUT2D eigenvalue weighted by atomic mass is 79.9. The van der Waals surface area contributed by atoms with E-state index in [0.29, 0.717) is 5.13 Å². The molecule has 4 nitrogen and oxygen atoms in total. The van der Waals surface area contributed by atoms with E-state index in [4.69, 9.17) is 0 Å². The molecule has 6 heteroatoms. The summed E-state index contributed by atoms with van der Waals surface area (Å²) in [7, 11) is 0. The SMILES string of the molecule is Cc1csc(NC(=O)Nc2ccc(Br)cc2)n1. The van der Waals surface area contributed by atoms with Gasteiger partial charge in [-0.3, -0.25) is 5.32 Å². The molecule has 0 saturated heterocycles. The molecule has 0 fully saturated rings. The number of nitrogens with zero attached hydrogens (tertiary/aromatic N) is 1. The van der Waals surface area contributed by atoms with E-state index in [9.17, 15) is 4.79 Å². The molecule has 2 amide bonds. The number of benzene rings is 1. The predicted molar refractivity (Wildman–Crippen MR) is 73.6 cm³/mol. The Morgan fingerprint density at radius 1 is 1.29 bits per heavy atom. The largest absolute Gasteiger partial charge is 0.325 e. The van der Waals surface area contributed by atoms with E-state index in [2.05, 4.69) is 31.5 Å². The third-order valence-electron chi connectivity index (χ3n) is 1.94. The summed E-state index contributed by atoms with van der Waals surface area (Å²) < 4.78 is 0.971. The molecule has 0 unspecified atom stereocenters. The molecule has 0 aliphatic carbocycles. The van der Waals surface area contributed by atoms with Crippen molar-refractivity contribution in [2.24, 2.45) is 0 Å². The van der Waals surface area contributed by atoms with Gasteiger partial charge in [0.15, 0.2) is 5.13 Å². The Morgan fingerprint density at radius 2 is 2.00 bits per heavy atom. The zero-order valence-corrected chi connectivity index (χ0v) is 11.4. The molecule has 1 aromatic carbocycles. The van der Waals surface area contributed by atoms with E-state index in [1.54, 1.807) is 0 Å². The molecule has 2 N–H and O–H groups in total. The molecule has 0 aliphatic rings. The lowest BCUT2D eigenvalue weighted by Gasteiger charge is -2.05. The van der Waals surface area contributed by atoms with E-state index in [0.717, 1.165) is 15.9 Å². The van der Waals surface area contributed by atoms with Crippen LogP contribution in [0.25, 0.3) is 0 Å². The number of hydrogen-bond donors (Lipinski definition) is 2. The quantitative estimate of drug-likeness (QED) is 0.885. The van der Waals surface area contributed by atoms with Crippen LogP contribution in [0.4, 0.5) is 15.6 Å². The lowest BCUT2D eigenvalue weighted by molar-refractivity contribution is 0.262. The standard InChI is InChI=1S/C11H10BrN3OS/c1-7-6-17-11(13-7)15-10(16)14-9-4-2-8(12)3-5-9/h2-6H,1H3,(H2,13,14,15,16). The van der Waals surface area contributed by atoms with Gasteiger partial charge in [0, 0.05) is 15.5 Å². The first-order chi connectivity index (χ1) is 8.13. The Balaban J connectivity index is 1.95. The summed E-state index contributed by atoms with van der Waals surface area (Å²) in [5.74, 6) is 0. The minimum Gasteiger partial charge on any atom is -0.308 e. The van der Waals surface area contributed by atoms with Crippen molar-refractivity contribution >= 4 is 44.1 Å². The summed E-state index contributed by atoms with van der Waals surface area (Å²) in [5.41, 5.74) is 1.63. The van der Waals surface area contributed by atoms with Crippen LogP contribution < -0.4 is 10.6 Å². The topological polar surface area (TPSA) is 54.0 Å². The molecule has 0 aliphatic heterocycles. The number of hydrogen-bond acceptors (Lipinski definition) is 3. The molecule has 2 rings (SSSR count). The van der Waals surface area contributed by atoms with Gasteiger partial charge in [0.2, 0.25) is 0 Å². The van der Waals surface area contributed by atoms with Gasteiger partial charge in [-0.25, -0.2) is 9.78 Å². The smallest absolute Gasteiger partial charge is 0.308 e. The van der Waals surface area contributed by atoms with Crippen LogP contribution in [0.1, 0.15) is 5.69 Å². The predicted octanol–water partition coefficient (Wildman–Crippen LogP) is 3.86. The fourth-order valence-electron chi connectivity index (χ4n) is 1.20. The lowest BCUT2D eigenvalue weighted by atomic mass is 10.3. The molecule has 0 spiro atoms. The third kappa shape index (κ3) is 3.54. The second kappa shape index (κ2) is 5.29. The molecule has 0 atom stereocenters. The van der Waals surface area contributed by atoms with Crippen LogP contribution in [0, 0.1) is 6.92 Å². The molecule has 1 heterocycles. The van der Waals surface area contributed by atoms with Crippen molar-refractivity contribution in [2.45, 2.75) is 6.92 Å². The van der Waals surface area contributed by atoms with E-state index in [-0.39, 0.29) is 6.03 Å². The van der Waals surface area contributed by atoms with E-state index < -0.39 is 0 Å². The number of rotatable bonds is 2. The highest BCUT2D eigenvalue weighted by molar-refractivity contribution is 9.10. The summed E-state index contributed by atoms with van der Waals surface area (Å²) in [4.78, 5) is 15.8. The summed E-state index contributed by atoms with van der Waals surface area (Å²) in [6, 6.07) is 7.07. The summed E-state index contributed by atoms with van der Waals surface area (Å²) in [6.07, 6.45) is 0. The number of carbonyl (C=O) groups is 1. The number of halogens is 1. The van der Waals surface area contributed by atoms with Gasteiger partial charge in [-0.15, -0.1) is 11.3 Å². The van der Waals surface area contributed by atoms with Crippen LogP contribution in [0.15, 0.2) is 34.1 Å². The molecule has 0 bridgehead atoms. The first kappa shape index (κ1) is 12.1. The maximum atomic E-state index is 11.6. The van der Waals surface area contributed by atoms with Gasteiger partial charge in [-0.2, -0.15) is 0 Å². The normalized spacial score (nSPS) is 10.0. The van der Waals surface area contributed by atoms with Crippen molar-refractivity contribution in [2.75, 3.05) is 10.6 Å². The first-order valence-electron chi connectivity index (χ1n) is 4.89. The average Bonchev–Trinajstić information content (AvgIpc) is 2.67. The average molecular weight is 312 g/mol. The van der Waals surface area contributed by atoms with Crippen LogP contribution in [0.2, 0.25) is 0 Å². The van der Waals surface area contributed by atoms with Crippen molar-refractivity contribution in [1.29, 1.82) is 0 Å². The molecule has 1 aromatic heterocycles. The minimum atomic E-state index is -0.290. The Bertz CT molecular complexity index is 524. The van der Waals surface area contributed by atoms with E-state index in [1.807, 2.05) is 36.6 Å². The molecule has 2 aromatic rings. The zero-order chi connectivity index (χ0) is 12.3. The number of amides is 2. The van der Waals surface area contributed by atoms with Crippen LogP contribution in [-0.4, -0.2) is 11.0 Å². The van der Waals surface area contributed by atoms with Crippen molar-refractivity contribution in [1.82, 2.24) is 4.98 Å². The van der Waals surface area contributed by atoms with Crippen molar-refractivity contribution < 1.29 is 4.79 Å². The zero-order valence-electron chi connectivity index (χ0n) is 9.03. The molecule has 0 radical (unpaired) electrons. The number of aromatic nitrogens is 1. The Morgan fingerprint density at radius 3 is 2.59 bits per heavy atom. The van der Waals surface area contributed by atoms with Crippen molar-refractivity contribution in [3.8, 4) is 0 Å². The number of carbonyl (C=O) groups excluding carboxylic acids is 1. The number of aryl methyl sites for hydroxylation is 1. The Labute approximate surface area is 111 Å². The molecule has 88 valence electrons. The maximum Gasteiger partial charge on any atom is 0.325 e. The molecular weight excluding hydrogens is 302 g/mol. The monoisotopic (exact) mass is 311 g/mol. The number of anilines is 2. The summed E-state index contributed by atoms with van der Waals surface area (Å²) >= 11 is 4.73. The Hall–Kier alpha value is -1.40. The molecule has 0 saturated carbocycles. The highest BCUT2D eigenvalue weighted by Crippen LogP contribution is 2.16. The second-order valence-corrected chi connectivity index (χ2v) is 5.15. The van der Waals surface area contributed by atoms with Gasteiger partial charge in [0.25, 0.3) is 0 Å². The highest BCUT2D eigenvalue weighted by Gasteiger charge is 2.04. The number of urea groups is 1. The first-order valence-corrected chi connectivity index (χ1v) is 6.56. The van der Waals surface area contributed by atoms with Crippen LogP contribution in [0.5, 0.6) is 0 Å². The van der Waals surface area contributed by atoms with Gasteiger partial charge < -0.3 is 5.32 Å². The second-order valence-electron chi connectivity index (χ2n) is 3.38.